The van der Waals surface area contributed by atoms with E-state index in [2.05, 4.69) is 5.32 Å². The number of amides is 2. The highest BCUT2D eigenvalue weighted by Crippen LogP contribution is 2.45. The van der Waals surface area contributed by atoms with E-state index in [-0.39, 0.29) is 18.4 Å². The van der Waals surface area contributed by atoms with Crippen molar-refractivity contribution in [1.82, 2.24) is 16.0 Å². The zero-order valence-electron chi connectivity index (χ0n) is 17.9. The van der Waals surface area contributed by atoms with Crippen LogP contribution in [0.2, 0.25) is 0 Å². The fourth-order valence-electron chi connectivity index (χ4n) is 2.90. The van der Waals surface area contributed by atoms with E-state index in [1.165, 1.54) is 6.92 Å². The van der Waals surface area contributed by atoms with Crippen molar-refractivity contribution in [3.63, 3.8) is 0 Å². The minimum absolute atomic E-state index is 0.255. The van der Waals surface area contributed by atoms with Crippen molar-refractivity contribution in [2.24, 2.45) is 5.92 Å². The summed E-state index contributed by atoms with van der Waals surface area (Å²) in [5.41, 5.74) is 0. The normalized spacial score (nSPS) is 19.3. The van der Waals surface area contributed by atoms with E-state index < -0.39 is 69.2 Å². The molecule has 0 saturated heterocycles. The predicted octanol–water partition coefficient (Wildman–Crippen LogP) is 1.30. The van der Waals surface area contributed by atoms with Crippen LogP contribution in [0, 0.1) is 5.92 Å². The van der Waals surface area contributed by atoms with Gasteiger partial charge in [0.1, 0.15) is 6.04 Å². The topological polar surface area (TPSA) is 121 Å². The summed E-state index contributed by atoms with van der Waals surface area (Å²) in [6.45, 7) is 1.30. The Kier molecular flexibility index (Phi) is 8.27. The fourth-order valence-corrected chi connectivity index (χ4v) is 4.83. The number of rotatable bonds is 13. The molecule has 34 heavy (non-hydrogen) atoms. The molecule has 2 aliphatic rings. The molecular formula is C18H24F7N3O5S. The molecule has 0 aliphatic heterocycles. The molecule has 2 saturated carbocycles. The van der Waals surface area contributed by atoms with E-state index in [1.54, 1.807) is 0 Å². The van der Waals surface area contributed by atoms with Crippen LogP contribution in [-0.2, 0) is 24.2 Å². The Morgan fingerprint density at radius 2 is 1.50 bits per heavy atom. The third kappa shape index (κ3) is 7.26. The van der Waals surface area contributed by atoms with Crippen molar-refractivity contribution < 1.29 is 53.5 Å². The summed E-state index contributed by atoms with van der Waals surface area (Å²) < 4.78 is 117. The monoisotopic (exact) mass is 527 g/mol. The van der Waals surface area contributed by atoms with Gasteiger partial charge in [-0.15, -0.1) is 0 Å². The molecular weight excluding hydrogens is 503 g/mol. The number of alkyl halides is 7. The van der Waals surface area contributed by atoms with Crippen molar-refractivity contribution in [3.8, 4) is 0 Å². The van der Waals surface area contributed by atoms with Gasteiger partial charge in [0.05, 0.1) is 17.5 Å². The average Bonchev–Trinajstić information content (AvgIpc) is 3.60. The highest BCUT2D eigenvalue weighted by Gasteiger charge is 2.73. The van der Waals surface area contributed by atoms with E-state index in [0.29, 0.717) is 31.0 Å². The highest BCUT2D eigenvalue weighted by atomic mass is 32.2. The molecule has 2 atom stereocenters. The van der Waals surface area contributed by atoms with E-state index in [0.717, 1.165) is 0 Å². The first kappa shape index (κ1) is 28.3. The van der Waals surface area contributed by atoms with Gasteiger partial charge in [-0.2, -0.15) is 30.7 Å². The lowest BCUT2D eigenvalue weighted by Crippen LogP contribution is -2.65. The van der Waals surface area contributed by atoms with Gasteiger partial charge in [0.2, 0.25) is 11.7 Å². The van der Waals surface area contributed by atoms with Crippen LogP contribution in [-0.4, -0.2) is 73.8 Å². The molecule has 2 unspecified atom stereocenters. The largest absolute Gasteiger partial charge is 0.461 e. The highest BCUT2D eigenvalue weighted by molar-refractivity contribution is 7.91. The molecule has 2 aliphatic carbocycles. The third-order valence-electron chi connectivity index (χ3n) is 5.21. The first-order valence-corrected chi connectivity index (χ1v) is 12.2. The Bertz CT molecular complexity index is 902. The summed E-state index contributed by atoms with van der Waals surface area (Å²) in [5.74, 6) is -13.2. The molecule has 0 aromatic carbocycles. The number of sulfone groups is 1. The SMILES string of the molecule is CCC(NC(=O)C(CS(=O)(=O)CC1CC1)NC(F)(F)C(F)(F)C(F)(F)F)C(=O)C(=O)NC1CC1. The number of halogens is 7. The maximum atomic E-state index is 13.9. The summed E-state index contributed by atoms with van der Waals surface area (Å²) in [6, 6.07) is -10.8. The molecule has 0 spiro atoms. The minimum Gasteiger partial charge on any atom is -0.347 e. The standard InChI is InChI=1S/C18H24F7N3O5S/c1-2-11(13(29)15(31)26-10-5-6-10)27-14(30)12(8-34(32,33)7-9-3-4-9)28-18(24,25)16(19,20)17(21,22)23/h9-12,28H,2-8H2,1H3,(H,26,31)(H,27,30). The quantitative estimate of drug-likeness (QED) is 0.189. The van der Waals surface area contributed by atoms with Crippen LogP contribution in [0.15, 0.2) is 0 Å². The molecule has 3 N–H and O–H groups in total. The molecule has 0 aromatic rings. The van der Waals surface area contributed by atoms with Crippen LogP contribution in [0.5, 0.6) is 0 Å². The zero-order chi connectivity index (χ0) is 26.1. The number of hydrogen-bond donors (Lipinski definition) is 3. The Balaban J connectivity index is 2.23. The van der Waals surface area contributed by atoms with Gasteiger partial charge in [0, 0.05) is 6.04 Å². The van der Waals surface area contributed by atoms with Crippen LogP contribution < -0.4 is 16.0 Å². The van der Waals surface area contributed by atoms with Crippen LogP contribution in [0.4, 0.5) is 30.7 Å². The third-order valence-corrected chi connectivity index (χ3v) is 7.03. The number of hydrogen-bond acceptors (Lipinski definition) is 6. The Labute approximate surface area is 190 Å². The second-order valence-corrected chi connectivity index (χ2v) is 10.6. The predicted molar refractivity (Wildman–Crippen MR) is 103 cm³/mol. The van der Waals surface area contributed by atoms with Gasteiger partial charge in [0.15, 0.2) is 9.84 Å². The molecule has 196 valence electrons. The fraction of sp³-hybridized carbons (Fsp3) is 0.833. The first-order valence-electron chi connectivity index (χ1n) is 10.4. The number of carbonyl (C=O) groups excluding carboxylic acids is 3. The van der Waals surface area contributed by atoms with Crippen molar-refractivity contribution in [3.05, 3.63) is 0 Å². The lowest BCUT2D eigenvalue weighted by atomic mass is 10.1. The number of Topliss-reactive ketones (excluding diaryl/α,β-unsaturated/α-hetero) is 1. The Morgan fingerprint density at radius 1 is 0.941 bits per heavy atom. The smallest absolute Gasteiger partial charge is 0.347 e. The van der Waals surface area contributed by atoms with E-state index in [9.17, 15) is 53.5 Å². The van der Waals surface area contributed by atoms with E-state index in [1.807, 2.05) is 5.32 Å². The lowest BCUT2D eigenvalue weighted by molar-refractivity contribution is -0.362. The van der Waals surface area contributed by atoms with Crippen LogP contribution >= 0.6 is 0 Å². The zero-order valence-corrected chi connectivity index (χ0v) is 18.7. The van der Waals surface area contributed by atoms with Gasteiger partial charge in [-0.25, -0.2) is 13.7 Å². The number of carbonyl (C=O) groups is 3. The lowest BCUT2D eigenvalue weighted by Gasteiger charge is -2.32. The molecule has 0 aromatic heterocycles. The molecule has 0 heterocycles. The van der Waals surface area contributed by atoms with Gasteiger partial charge < -0.3 is 10.6 Å². The van der Waals surface area contributed by atoms with Crippen LogP contribution in [0.1, 0.15) is 39.0 Å². The van der Waals surface area contributed by atoms with Crippen molar-refractivity contribution in [2.75, 3.05) is 11.5 Å². The molecule has 2 amide bonds. The summed E-state index contributed by atoms with van der Waals surface area (Å²) in [4.78, 5) is 36.7. The number of ketones is 1. The van der Waals surface area contributed by atoms with Crippen molar-refractivity contribution >= 4 is 27.4 Å². The Hall–Kier alpha value is -1.97. The maximum absolute atomic E-state index is 13.9. The van der Waals surface area contributed by atoms with Gasteiger partial charge in [-0.05, 0) is 38.0 Å². The van der Waals surface area contributed by atoms with Crippen LogP contribution in [0.25, 0.3) is 0 Å². The summed E-state index contributed by atoms with van der Waals surface area (Å²) in [5, 5.41) is 4.65. The average molecular weight is 527 g/mol. The molecule has 16 heteroatoms. The molecule has 2 fully saturated rings. The Morgan fingerprint density at radius 3 is 1.94 bits per heavy atom. The number of nitrogens with one attached hydrogen (secondary N) is 3. The maximum Gasteiger partial charge on any atom is 0.461 e. The van der Waals surface area contributed by atoms with Crippen molar-refractivity contribution in [1.29, 1.82) is 0 Å². The second kappa shape index (κ2) is 9.95. The van der Waals surface area contributed by atoms with Gasteiger partial charge in [-0.3, -0.25) is 14.4 Å². The molecule has 2 rings (SSSR count). The van der Waals surface area contributed by atoms with Gasteiger partial charge in [0.25, 0.3) is 5.91 Å². The summed E-state index contributed by atoms with van der Waals surface area (Å²) in [7, 11) is -4.35. The summed E-state index contributed by atoms with van der Waals surface area (Å²) in [6.07, 6.45) is -4.83. The van der Waals surface area contributed by atoms with Gasteiger partial charge in [-0.1, -0.05) is 6.92 Å². The minimum atomic E-state index is -6.72. The molecule has 0 radical (unpaired) electrons. The van der Waals surface area contributed by atoms with E-state index >= 15 is 0 Å². The second-order valence-electron chi connectivity index (χ2n) is 8.45. The van der Waals surface area contributed by atoms with Crippen LogP contribution in [0.3, 0.4) is 0 Å². The summed E-state index contributed by atoms with van der Waals surface area (Å²) >= 11 is 0. The first-order chi connectivity index (χ1) is 15.4. The molecule has 0 bridgehead atoms. The van der Waals surface area contributed by atoms with Gasteiger partial charge >= 0.3 is 18.1 Å². The van der Waals surface area contributed by atoms with E-state index in [4.69, 9.17) is 0 Å². The van der Waals surface area contributed by atoms with Crippen molar-refractivity contribution in [2.45, 2.75) is 75.3 Å². The molecule has 8 nitrogen and oxygen atoms in total.